The van der Waals surface area contributed by atoms with Crippen LogP contribution in [0.15, 0.2) is 41.4 Å². The van der Waals surface area contributed by atoms with E-state index in [1.807, 2.05) is 0 Å². The minimum absolute atomic E-state index is 0.0220. The Labute approximate surface area is 161 Å². The zero-order chi connectivity index (χ0) is 19.7. The molecule has 1 N–H and O–H groups in total. The highest BCUT2D eigenvalue weighted by Crippen LogP contribution is 2.26. The number of carbonyl (C=O) groups is 2. The molecule has 1 aromatic heterocycles. The standard InChI is InChI=1S/C18H13ClF2N2O3S/c1-2-13(17(25)26)23-14-8-11(20)7-12(21)15(14)27-18(23)22-16(24)9-4-3-5-10(19)6-9/h3-8,13H,2H2,1H3,(H,25,26). The van der Waals surface area contributed by atoms with Crippen LogP contribution in [0, 0.1) is 11.6 Å². The van der Waals surface area contributed by atoms with Crippen molar-refractivity contribution in [2.45, 2.75) is 19.4 Å². The molecule has 3 aromatic rings. The molecule has 3 rings (SSSR count). The minimum Gasteiger partial charge on any atom is -0.480 e. The molecule has 0 saturated carbocycles. The summed E-state index contributed by atoms with van der Waals surface area (Å²) in [5, 5.41) is 9.85. The molecular formula is C18H13ClF2N2O3S. The maximum absolute atomic E-state index is 14.2. The summed E-state index contributed by atoms with van der Waals surface area (Å²) in [5.74, 6) is -3.56. The maximum Gasteiger partial charge on any atom is 0.326 e. The van der Waals surface area contributed by atoms with E-state index in [1.54, 1.807) is 19.1 Å². The summed E-state index contributed by atoms with van der Waals surface area (Å²) in [5.41, 5.74) is 0.228. The number of amides is 1. The Hall–Kier alpha value is -2.58. The second kappa shape index (κ2) is 7.58. The second-order valence-electron chi connectivity index (χ2n) is 5.68. The second-order valence-corrected chi connectivity index (χ2v) is 7.09. The highest BCUT2D eigenvalue weighted by molar-refractivity contribution is 7.16. The van der Waals surface area contributed by atoms with Crippen LogP contribution in [0.2, 0.25) is 5.02 Å². The Kier molecular flexibility index (Phi) is 5.38. The lowest BCUT2D eigenvalue weighted by molar-refractivity contribution is -0.140. The molecule has 0 radical (unpaired) electrons. The Morgan fingerprint density at radius 2 is 2.04 bits per heavy atom. The number of nitrogens with zero attached hydrogens (tertiary/aromatic N) is 2. The van der Waals surface area contributed by atoms with E-state index in [-0.39, 0.29) is 27.0 Å². The summed E-state index contributed by atoms with van der Waals surface area (Å²) in [6.07, 6.45) is 0.137. The van der Waals surface area contributed by atoms with Crippen molar-refractivity contribution in [1.29, 1.82) is 0 Å². The number of carboxylic acid groups (broad SMARTS) is 1. The third kappa shape index (κ3) is 3.77. The molecule has 0 aliphatic rings. The van der Waals surface area contributed by atoms with Gasteiger partial charge < -0.3 is 9.67 Å². The lowest BCUT2D eigenvalue weighted by Gasteiger charge is -2.13. The van der Waals surface area contributed by atoms with Crippen molar-refractivity contribution in [2.24, 2.45) is 4.99 Å². The van der Waals surface area contributed by atoms with Crippen LogP contribution >= 0.6 is 22.9 Å². The molecular weight excluding hydrogens is 398 g/mol. The minimum atomic E-state index is -1.20. The molecule has 0 bridgehead atoms. The molecule has 140 valence electrons. The number of rotatable bonds is 4. The third-order valence-corrected chi connectivity index (χ3v) is 5.21. The zero-order valence-corrected chi connectivity index (χ0v) is 15.5. The van der Waals surface area contributed by atoms with Gasteiger partial charge in [0.15, 0.2) is 4.80 Å². The highest BCUT2D eigenvalue weighted by Gasteiger charge is 2.24. The molecule has 0 fully saturated rings. The number of aliphatic carboxylic acids is 1. The Morgan fingerprint density at radius 1 is 1.30 bits per heavy atom. The number of carbonyl (C=O) groups excluding carboxylic acids is 1. The van der Waals surface area contributed by atoms with Gasteiger partial charge in [-0.15, -0.1) is 0 Å². The van der Waals surface area contributed by atoms with Crippen LogP contribution in [-0.4, -0.2) is 21.6 Å². The summed E-state index contributed by atoms with van der Waals surface area (Å²) in [6.45, 7) is 1.62. The number of aromatic nitrogens is 1. The smallest absolute Gasteiger partial charge is 0.326 e. The number of thiazole rings is 1. The van der Waals surface area contributed by atoms with Gasteiger partial charge in [0.1, 0.15) is 17.7 Å². The fourth-order valence-electron chi connectivity index (χ4n) is 2.69. The van der Waals surface area contributed by atoms with Crippen LogP contribution < -0.4 is 4.80 Å². The summed E-state index contributed by atoms with van der Waals surface area (Å²) < 4.78 is 29.1. The van der Waals surface area contributed by atoms with Crippen molar-refractivity contribution >= 4 is 45.0 Å². The molecule has 0 spiro atoms. The SMILES string of the molecule is CCC(C(=O)O)n1c(=NC(=O)c2cccc(Cl)c2)sc2c(F)cc(F)cc21. The van der Waals surface area contributed by atoms with Gasteiger partial charge in [-0.25, -0.2) is 13.6 Å². The fourth-order valence-corrected chi connectivity index (χ4v) is 3.93. The average molecular weight is 411 g/mol. The van der Waals surface area contributed by atoms with Crippen LogP contribution in [0.5, 0.6) is 0 Å². The monoisotopic (exact) mass is 410 g/mol. The normalized spacial score (nSPS) is 13.1. The van der Waals surface area contributed by atoms with E-state index in [2.05, 4.69) is 4.99 Å². The third-order valence-electron chi connectivity index (χ3n) is 3.90. The van der Waals surface area contributed by atoms with Gasteiger partial charge in [0.25, 0.3) is 5.91 Å². The molecule has 27 heavy (non-hydrogen) atoms. The van der Waals surface area contributed by atoms with E-state index in [1.165, 1.54) is 16.7 Å². The Balaban J connectivity index is 2.30. The number of benzene rings is 2. The molecule has 9 heteroatoms. The summed E-state index contributed by atoms with van der Waals surface area (Å²) in [7, 11) is 0. The molecule has 1 unspecified atom stereocenters. The summed E-state index contributed by atoms with van der Waals surface area (Å²) >= 11 is 6.66. The number of carboxylic acids is 1. The van der Waals surface area contributed by atoms with Gasteiger partial charge >= 0.3 is 5.97 Å². The predicted octanol–water partition coefficient (Wildman–Crippen LogP) is 4.41. The van der Waals surface area contributed by atoms with E-state index < -0.39 is 29.6 Å². The topological polar surface area (TPSA) is 71.7 Å². The van der Waals surface area contributed by atoms with Crippen molar-refractivity contribution in [1.82, 2.24) is 4.57 Å². The molecule has 1 heterocycles. The molecule has 0 aliphatic carbocycles. The molecule has 1 atom stereocenters. The van der Waals surface area contributed by atoms with Crippen LogP contribution in [0.3, 0.4) is 0 Å². The first kappa shape index (κ1) is 19.2. The first-order chi connectivity index (χ1) is 12.8. The average Bonchev–Trinajstić information content (AvgIpc) is 2.94. The van der Waals surface area contributed by atoms with Gasteiger partial charge in [-0.2, -0.15) is 4.99 Å². The fraction of sp³-hybridized carbons (Fsp3) is 0.167. The maximum atomic E-state index is 14.2. The zero-order valence-electron chi connectivity index (χ0n) is 13.9. The predicted molar refractivity (Wildman–Crippen MR) is 98.0 cm³/mol. The van der Waals surface area contributed by atoms with E-state index in [0.717, 1.165) is 17.4 Å². The Bertz CT molecular complexity index is 1120. The van der Waals surface area contributed by atoms with Crippen molar-refractivity contribution in [3.8, 4) is 0 Å². The van der Waals surface area contributed by atoms with E-state index in [0.29, 0.717) is 11.1 Å². The first-order valence-corrected chi connectivity index (χ1v) is 9.08. The van der Waals surface area contributed by atoms with Gasteiger partial charge in [0.05, 0.1) is 10.2 Å². The van der Waals surface area contributed by atoms with Crippen LogP contribution in [0.25, 0.3) is 10.2 Å². The van der Waals surface area contributed by atoms with Crippen molar-refractivity contribution in [3.63, 3.8) is 0 Å². The number of fused-ring (bicyclic) bond motifs is 1. The van der Waals surface area contributed by atoms with Crippen LogP contribution in [-0.2, 0) is 4.79 Å². The molecule has 2 aromatic carbocycles. The van der Waals surface area contributed by atoms with E-state index >= 15 is 0 Å². The van der Waals surface area contributed by atoms with E-state index in [9.17, 15) is 23.5 Å². The lowest BCUT2D eigenvalue weighted by Crippen LogP contribution is -2.27. The first-order valence-electron chi connectivity index (χ1n) is 7.89. The van der Waals surface area contributed by atoms with E-state index in [4.69, 9.17) is 11.6 Å². The van der Waals surface area contributed by atoms with Crippen LogP contribution in [0.1, 0.15) is 29.7 Å². The number of halogens is 3. The Morgan fingerprint density at radius 3 is 2.67 bits per heavy atom. The molecule has 0 aliphatic heterocycles. The highest BCUT2D eigenvalue weighted by atomic mass is 35.5. The molecule has 1 amide bonds. The van der Waals surface area contributed by atoms with Gasteiger partial charge in [-0.05, 0) is 30.7 Å². The van der Waals surface area contributed by atoms with Gasteiger partial charge in [0, 0.05) is 16.7 Å². The van der Waals surface area contributed by atoms with Gasteiger partial charge in [-0.3, -0.25) is 4.79 Å². The number of hydrogen-bond acceptors (Lipinski definition) is 3. The largest absolute Gasteiger partial charge is 0.480 e. The molecule has 5 nitrogen and oxygen atoms in total. The van der Waals surface area contributed by atoms with Gasteiger partial charge in [-0.1, -0.05) is 35.9 Å². The molecule has 0 saturated heterocycles. The van der Waals surface area contributed by atoms with Crippen LogP contribution in [0.4, 0.5) is 8.78 Å². The summed E-state index contributed by atoms with van der Waals surface area (Å²) in [6, 6.07) is 6.69. The lowest BCUT2D eigenvalue weighted by atomic mass is 10.2. The number of hydrogen-bond donors (Lipinski definition) is 1. The van der Waals surface area contributed by atoms with Crippen molar-refractivity contribution in [2.75, 3.05) is 0 Å². The van der Waals surface area contributed by atoms with Gasteiger partial charge in [0.2, 0.25) is 0 Å². The van der Waals surface area contributed by atoms with Crippen molar-refractivity contribution < 1.29 is 23.5 Å². The van der Waals surface area contributed by atoms with Crippen molar-refractivity contribution in [3.05, 3.63) is 63.4 Å². The summed E-state index contributed by atoms with van der Waals surface area (Å²) in [4.78, 5) is 28.1. The quantitative estimate of drug-likeness (QED) is 0.692.